The van der Waals surface area contributed by atoms with Crippen molar-refractivity contribution in [1.29, 1.82) is 5.26 Å². The number of aryl methyl sites for hydroxylation is 1. The van der Waals surface area contributed by atoms with Crippen molar-refractivity contribution in [2.45, 2.75) is 6.92 Å². The van der Waals surface area contributed by atoms with Gasteiger partial charge in [0, 0.05) is 0 Å². The van der Waals surface area contributed by atoms with E-state index in [2.05, 4.69) is 17.3 Å². The molecular formula is C11H10N2. The van der Waals surface area contributed by atoms with Gasteiger partial charge in [-0.25, -0.2) is 0 Å². The number of hydrogen-bond acceptors (Lipinski definition) is 2. The summed E-state index contributed by atoms with van der Waals surface area (Å²) < 4.78 is 0. The van der Waals surface area contributed by atoms with E-state index in [1.54, 1.807) is 0 Å². The maximum atomic E-state index is 8.80. The monoisotopic (exact) mass is 170 g/mol. The number of anilines is 1. The lowest BCUT2D eigenvalue weighted by molar-refractivity contribution is 1.34. The first kappa shape index (κ1) is 9.16. The van der Waals surface area contributed by atoms with E-state index in [0.29, 0.717) is 12.1 Å². The van der Waals surface area contributed by atoms with Gasteiger partial charge in [0.15, 0.2) is 0 Å². The Morgan fingerprint density at radius 1 is 1.54 bits per heavy atom. The Kier molecular flexibility index (Phi) is 2.95. The molecule has 0 radical (unpaired) electrons. The number of terminal acetylenes is 1. The van der Waals surface area contributed by atoms with Crippen LogP contribution in [0.1, 0.15) is 11.1 Å². The van der Waals surface area contributed by atoms with E-state index in [-0.39, 0.29) is 0 Å². The largest absolute Gasteiger partial charge is 0.373 e. The van der Waals surface area contributed by atoms with E-state index >= 15 is 0 Å². The predicted octanol–water partition coefficient (Wildman–Crippen LogP) is 1.91. The van der Waals surface area contributed by atoms with Crippen LogP contribution in [0.4, 0.5) is 5.69 Å². The average molecular weight is 170 g/mol. The zero-order valence-corrected chi connectivity index (χ0v) is 7.46. The van der Waals surface area contributed by atoms with Gasteiger partial charge in [0.25, 0.3) is 0 Å². The van der Waals surface area contributed by atoms with Crippen molar-refractivity contribution in [3.05, 3.63) is 29.3 Å². The van der Waals surface area contributed by atoms with Gasteiger partial charge in [0.1, 0.15) is 6.07 Å². The lowest BCUT2D eigenvalue weighted by Crippen LogP contribution is -2.00. The van der Waals surface area contributed by atoms with Crippen LogP contribution in [0.3, 0.4) is 0 Å². The van der Waals surface area contributed by atoms with Gasteiger partial charge in [-0.05, 0) is 24.6 Å². The molecule has 0 saturated heterocycles. The molecule has 0 fully saturated rings. The minimum absolute atomic E-state index is 0.442. The fourth-order valence-corrected chi connectivity index (χ4v) is 1.05. The number of benzene rings is 1. The van der Waals surface area contributed by atoms with Crippen molar-refractivity contribution in [2.24, 2.45) is 0 Å². The van der Waals surface area contributed by atoms with E-state index in [1.165, 1.54) is 0 Å². The van der Waals surface area contributed by atoms with Gasteiger partial charge >= 0.3 is 0 Å². The SMILES string of the molecule is C#CCNc1ccc(C)cc1C#N. The lowest BCUT2D eigenvalue weighted by atomic mass is 10.1. The van der Waals surface area contributed by atoms with Crippen molar-refractivity contribution >= 4 is 5.69 Å². The van der Waals surface area contributed by atoms with Gasteiger partial charge in [-0.3, -0.25) is 0 Å². The molecule has 0 atom stereocenters. The molecule has 64 valence electrons. The standard InChI is InChI=1S/C11H10N2/c1-3-6-13-11-5-4-9(2)7-10(11)8-12/h1,4-5,7,13H,6H2,2H3. The summed E-state index contributed by atoms with van der Waals surface area (Å²) in [6.45, 7) is 2.39. The number of nitriles is 1. The highest BCUT2D eigenvalue weighted by atomic mass is 14.9. The van der Waals surface area contributed by atoms with E-state index in [1.807, 2.05) is 25.1 Å². The van der Waals surface area contributed by atoms with Gasteiger partial charge in [0.05, 0.1) is 17.8 Å². The van der Waals surface area contributed by atoms with E-state index in [9.17, 15) is 0 Å². The Morgan fingerprint density at radius 2 is 2.31 bits per heavy atom. The zero-order valence-electron chi connectivity index (χ0n) is 7.46. The Hall–Kier alpha value is -1.93. The minimum Gasteiger partial charge on any atom is -0.373 e. The fraction of sp³-hybridized carbons (Fsp3) is 0.182. The third kappa shape index (κ3) is 2.25. The van der Waals surface area contributed by atoms with Crippen LogP contribution >= 0.6 is 0 Å². The van der Waals surface area contributed by atoms with Crippen molar-refractivity contribution in [3.63, 3.8) is 0 Å². The zero-order chi connectivity index (χ0) is 9.68. The van der Waals surface area contributed by atoms with Crippen LogP contribution < -0.4 is 5.32 Å². The topological polar surface area (TPSA) is 35.8 Å². The van der Waals surface area contributed by atoms with Gasteiger partial charge in [-0.1, -0.05) is 12.0 Å². The molecule has 0 aliphatic heterocycles. The Morgan fingerprint density at radius 3 is 2.92 bits per heavy atom. The number of nitrogens with zero attached hydrogens (tertiary/aromatic N) is 1. The Labute approximate surface area is 78.2 Å². The molecule has 0 heterocycles. The summed E-state index contributed by atoms with van der Waals surface area (Å²) in [5, 5.41) is 11.8. The Bertz CT molecular complexity index is 380. The molecule has 0 unspecified atom stereocenters. The molecule has 1 N–H and O–H groups in total. The molecule has 0 aromatic heterocycles. The molecule has 1 rings (SSSR count). The first-order valence-corrected chi connectivity index (χ1v) is 3.96. The summed E-state index contributed by atoms with van der Waals surface area (Å²) in [5.74, 6) is 2.46. The molecule has 0 saturated carbocycles. The minimum atomic E-state index is 0.442. The number of hydrogen-bond donors (Lipinski definition) is 1. The second-order valence-electron chi connectivity index (χ2n) is 2.72. The van der Waals surface area contributed by atoms with Gasteiger partial charge in [-0.15, -0.1) is 6.42 Å². The molecule has 0 amide bonds. The van der Waals surface area contributed by atoms with Gasteiger partial charge in [-0.2, -0.15) is 5.26 Å². The number of nitrogens with one attached hydrogen (secondary N) is 1. The molecule has 0 bridgehead atoms. The van der Waals surface area contributed by atoms with Crippen LogP contribution in [-0.2, 0) is 0 Å². The highest BCUT2D eigenvalue weighted by Crippen LogP contribution is 2.15. The highest BCUT2D eigenvalue weighted by molar-refractivity contribution is 5.58. The van der Waals surface area contributed by atoms with Crippen LogP contribution in [0.5, 0.6) is 0 Å². The first-order chi connectivity index (χ1) is 6.27. The van der Waals surface area contributed by atoms with Crippen molar-refractivity contribution in [2.75, 3.05) is 11.9 Å². The molecule has 0 aliphatic rings. The normalized spacial score (nSPS) is 8.54. The van der Waals surface area contributed by atoms with Crippen molar-refractivity contribution < 1.29 is 0 Å². The van der Waals surface area contributed by atoms with Crippen molar-refractivity contribution in [3.8, 4) is 18.4 Å². The fourth-order valence-electron chi connectivity index (χ4n) is 1.05. The second kappa shape index (κ2) is 4.18. The third-order valence-corrected chi connectivity index (χ3v) is 1.68. The lowest BCUT2D eigenvalue weighted by Gasteiger charge is -2.04. The Balaban J connectivity index is 2.96. The van der Waals surface area contributed by atoms with E-state index in [4.69, 9.17) is 11.7 Å². The third-order valence-electron chi connectivity index (χ3n) is 1.68. The van der Waals surface area contributed by atoms with Crippen LogP contribution in [0.15, 0.2) is 18.2 Å². The van der Waals surface area contributed by atoms with Gasteiger partial charge in [0.2, 0.25) is 0 Å². The van der Waals surface area contributed by atoms with Crippen molar-refractivity contribution in [1.82, 2.24) is 0 Å². The quantitative estimate of drug-likeness (QED) is 0.688. The molecule has 0 spiro atoms. The number of rotatable bonds is 2. The summed E-state index contributed by atoms with van der Waals surface area (Å²) >= 11 is 0. The van der Waals surface area contributed by atoms with Crippen LogP contribution in [0, 0.1) is 30.6 Å². The van der Waals surface area contributed by atoms with Crippen LogP contribution in [-0.4, -0.2) is 6.54 Å². The summed E-state index contributed by atoms with van der Waals surface area (Å²) in [6.07, 6.45) is 5.10. The predicted molar refractivity (Wildman–Crippen MR) is 53.2 cm³/mol. The van der Waals surface area contributed by atoms with E-state index < -0.39 is 0 Å². The molecule has 2 nitrogen and oxygen atoms in total. The smallest absolute Gasteiger partial charge is 0.101 e. The summed E-state index contributed by atoms with van der Waals surface area (Å²) in [6, 6.07) is 7.76. The highest BCUT2D eigenvalue weighted by Gasteiger charge is 1.99. The molecule has 13 heavy (non-hydrogen) atoms. The summed E-state index contributed by atoms with van der Waals surface area (Å²) in [4.78, 5) is 0. The van der Waals surface area contributed by atoms with Gasteiger partial charge < -0.3 is 5.32 Å². The average Bonchev–Trinajstić information content (AvgIpc) is 2.16. The van der Waals surface area contributed by atoms with E-state index in [0.717, 1.165) is 11.3 Å². The summed E-state index contributed by atoms with van der Waals surface area (Å²) in [7, 11) is 0. The summed E-state index contributed by atoms with van der Waals surface area (Å²) in [5.41, 5.74) is 2.50. The maximum absolute atomic E-state index is 8.80. The molecule has 1 aromatic rings. The maximum Gasteiger partial charge on any atom is 0.101 e. The molecule has 0 aliphatic carbocycles. The van der Waals surface area contributed by atoms with Crippen LogP contribution in [0.2, 0.25) is 0 Å². The molecular weight excluding hydrogens is 160 g/mol. The molecule has 2 heteroatoms. The first-order valence-electron chi connectivity index (χ1n) is 3.96. The van der Waals surface area contributed by atoms with Crippen LogP contribution in [0.25, 0.3) is 0 Å². The second-order valence-corrected chi connectivity index (χ2v) is 2.72. The molecule has 1 aromatic carbocycles.